The standard InChI is InChI=1S/C14H19N3O3/c1-14(2)7-3-6-10(14)17-13(20)16-9-5-4-8-15-11(9)12(18)19/h4-5,8,10H,3,6-7H2,1-2H3,(H,18,19)(H2,16,17,20). The highest BCUT2D eigenvalue weighted by atomic mass is 16.4. The lowest BCUT2D eigenvalue weighted by molar-refractivity contribution is 0.0691. The molecular formula is C14H19N3O3. The maximum Gasteiger partial charge on any atom is 0.356 e. The van der Waals surface area contributed by atoms with Gasteiger partial charge in [0.1, 0.15) is 0 Å². The molecule has 108 valence electrons. The molecule has 1 atom stereocenters. The third-order valence-corrected chi connectivity index (χ3v) is 3.82. The van der Waals surface area contributed by atoms with E-state index < -0.39 is 5.97 Å². The van der Waals surface area contributed by atoms with E-state index in [0.29, 0.717) is 0 Å². The summed E-state index contributed by atoms with van der Waals surface area (Å²) in [5.74, 6) is -1.16. The van der Waals surface area contributed by atoms with E-state index >= 15 is 0 Å². The lowest BCUT2D eigenvalue weighted by atomic mass is 9.87. The van der Waals surface area contributed by atoms with Crippen molar-refractivity contribution in [3.63, 3.8) is 0 Å². The smallest absolute Gasteiger partial charge is 0.356 e. The second-order valence-electron chi connectivity index (χ2n) is 5.74. The SMILES string of the molecule is CC1(C)CCCC1NC(=O)Nc1cccnc1C(=O)O. The summed E-state index contributed by atoms with van der Waals surface area (Å²) >= 11 is 0. The van der Waals surface area contributed by atoms with Gasteiger partial charge >= 0.3 is 12.0 Å². The largest absolute Gasteiger partial charge is 0.476 e. The van der Waals surface area contributed by atoms with Gasteiger partial charge in [0.2, 0.25) is 0 Å². The zero-order valence-corrected chi connectivity index (χ0v) is 11.6. The second-order valence-corrected chi connectivity index (χ2v) is 5.74. The monoisotopic (exact) mass is 277 g/mol. The van der Waals surface area contributed by atoms with Gasteiger partial charge in [-0.1, -0.05) is 20.3 Å². The number of amides is 2. The molecule has 1 aliphatic rings. The summed E-state index contributed by atoms with van der Waals surface area (Å²) in [6, 6.07) is 2.82. The summed E-state index contributed by atoms with van der Waals surface area (Å²) in [5.41, 5.74) is 0.115. The van der Waals surface area contributed by atoms with Crippen LogP contribution in [-0.4, -0.2) is 28.1 Å². The Morgan fingerprint density at radius 1 is 1.45 bits per heavy atom. The van der Waals surface area contributed by atoms with Crippen LogP contribution < -0.4 is 10.6 Å². The quantitative estimate of drug-likeness (QED) is 0.791. The molecule has 1 unspecified atom stereocenters. The molecule has 0 aliphatic heterocycles. The van der Waals surface area contributed by atoms with Gasteiger partial charge < -0.3 is 15.7 Å². The van der Waals surface area contributed by atoms with Crippen molar-refractivity contribution in [2.45, 2.75) is 39.2 Å². The minimum absolute atomic E-state index is 0.0713. The summed E-state index contributed by atoms with van der Waals surface area (Å²) < 4.78 is 0. The van der Waals surface area contributed by atoms with Crippen molar-refractivity contribution in [3.8, 4) is 0 Å². The molecule has 1 fully saturated rings. The predicted octanol–water partition coefficient (Wildman–Crippen LogP) is 2.48. The third kappa shape index (κ3) is 3.07. The number of pyridine rings is 1. The van der Waals surface area contributed by atoms with Crippen LogP contribution in [0.3, 0.4) is 0 Å². The van der Waals surface area contributed by atoms with Crippen LogP contribution in [0.2, 0.25) is 0 Å². The number of rotatable bonds is 3. The van der Waals surface area contributed by atoms with Crippen LogP contribution in [0.4, 0.5) is 10.5 Å². The number of aromatic carboxylic acids is 1. The van der Waals surface area contributed by atoms with Gasteiger partial charge in [0.25, 0.3) is 0 Å². The molecule has 0 radical (unpaired) electrons. The van der Waals surface area contributed by atoms with Crippen molar-refractivity contribution in [2.75, 3.05) is 5.32 Å². The van der Waals surface area contributed by atoms with E-state index in [4.69, 9.17) is 5.11 Å². The Morgan fingerprint density at radius 2 is 2.20 bits per heavy atom. The van der Waals surface area contributed by atoms with Crippen molar-refractivity contribution in [1.29, 1.82) is 0 Å². The molecule has 3 N–H and O–H groups in total. The number of nitrogens with zero attached hydrogens (tertiary/aromatic N) is 1. The van der Waals surface area contributed by atoms with Crippen LogP contribution in [0.5, 0.6) is 0 Å². The van der Waals surface area contributed by atoms with Crippen molar-refractivity contribution in [2.24, 2.45) is 5.41 Å². The molecule has 20 heavy (non-hydrogen) atoms. The van der Waals surface area contributed by atoms with E-state index in [2.05, 4.69) is 29.5 Å². The molecule has 0 spiro atoms. The van der Waals surface area contributed by atoms with Gasteiger partial charge in [0.05, 0.1) is 5.69 Å². The van der Waals surface area contributed by atoms with Crippen molar-refractivity contribution >= 4 is 17.7 Å². The molecule has 1 aromatic heterocycles. The summed E-state index contributed by atoms with van der Waals surface area (Å²) in [6.07, 6.45) is 4.49. The number of aromatic nitrogens is 1. The van der Waals surface area contributed by atoms with Gasteiger partial charge in [-0.15, -0.1) is 0 Å². The van der Waals surface area contributed by atoms with Crippen LogP contribution in [0.1, 0.15) is 43.6 Å². The molecule has 6 nitrogen and oxygen atoms in total. The summed E-state index contributed by atoms with van der Waals surface area (Å²) in [5, 5.41) is 14.5. The lowest BCUT2D eigenvalue weighted by Gasteiger charge is -2.27. The zero-order valence-electron chi connectivity index (χ0n) is 11.6. The van der Waals surface area contributed by atoms with Crippen molar-refractivity contribution in [3.05, 3.63) is 24.0 Å². The molecule has 1 aromatic rings. The average Bonchev–Trinajstić information content (AvgIpc) is 2.69. The van der Waals surface area contributed by atoms with E-state index in [9.17, 15) is 9.59 Å². The average molecular weight is 277 g/mol. The van der Waals surface area contributed by atoms with Gasteiger partial charge in [-0.3, -0.25) is 0 Å². The fourth-order valence-electron chi connectivity index (χ4n) is 2.59. The Kier molecular flexibility index (Phi) is 3.92. The van der Waals surface area contributed by atoms with Crippen LogP contribution in [-0.2, 0) is 0 Å². The maximum atomic E-state index is 12.0. The van der Waals surface area contributed by atoms with E-state index in [0.717, 1.165) is 19.3 Å². The molecule has 0 aromatic carbocycles. The Labute approximate surface area is 117 Å². The van der Waals surface area contributed by atoms with Gasteiger partial charge in [0, 0.05) is 12.2 Å². The van der Waals surface area contributed by atoms with E-state index in [1.807, 2.05) is 0 Å². The first-order valence-electron chi connectivity index (χ1n) is 6.66. The predicted molar refractivity (Wildman–Crippen MR) is 74.8 cm³/mol. The molecule has 0 bridgehead atoms. The first-order valence-corrected chi connectivity index (χ1v) is 6.66. The first kappa shape index (κ1) is 14.3. The fourth-order valence-corrected chi connectivity index (χ4v) is 2.59. The number of hydrogen-bond donors (Lipinski definition) is 3. The molecule has 0 saturated heterocycles. The van der Waals surface area contributed by atoms with Crippen molar-refractivity contribution < 1.29 is 14.7 Å². The number of carboxylic acids is 1. The minimum Gasteiger partial charge on any atom is -0.476 e. The van der Waals surface area contributed by atoms with Gasteiger partial charge in [0.15, 0.2) is 5.69 Å². The number of carbonyl (C=O) groups excluding carboxylic acids is 1. The second kappa shape index (κ2) is 5.48. The Morgan fingerprint density at radius 3 is 2.80 bits per heavy atom. The number of carbonyl (C=O) groups is 2. The molecule has 6 heteroatoms. The van der Waals surface area contributed by atoms with Crippen molar-refractivity contribution in [1.82, 2.24) is 10.3 Å². The lowest BCUT2D eigenvalue weighted by Crippen LogP contribution is -2.43. The van der Waals surface area contributed by atoms with Gasteiger partial charge in [-0.05, 0) is 30.4 Å². The first-order chi connectivity index (χ1) is 9.40. The van der Waals surface area contributed by atoms with E-state index in [1.165, 1.54) is 12.3 Å². The number of urea groups is 1. The maximum absolute atomic E-state index is 12.0. The number of hydrogen-bond acceptors (Lipinski definition) is 3. The number of anilines is 1. The van der Waals surface area contributed by atoms with Crippen LogP contribution in [0.25, 0.3) is 0 Å². The Balaban J connectivity index is 2.04. The van der Waals surface area contributed by atoms with Crippen LogP contribution in [0, 0.1) is 5.41 Å². The fraction of sp³-hybridized carbons (Fsp3) is 0.500. The number of carboxylic acid groups (broad SMARTS) is 1. The number of nitrogens with one attached hydrogen (secondary N) is 2. The molecule has 1 saturated carbocycles. The molecule has 1 heterocycles. The molecule has 2 amide bonds. The zero-order chi connectivity index (χ0) is 14.8. The van der Waals surface area contributed by atoms with Crippen LogP contribution >= 0.6 is 0 Å². The highest BCUT2D eigenvalue weighted by molar-refractivity contribution is 5.98. The van der Waals surface area contributed by atoms with Crippen LogP contribution in [0.15, 0.2) is 18.3 Å². The highest BCUT2D eigenvalue weighted by Crippen LogP contribution is 2.37. The molecule has 1 aliphatic carbocycles. The normalized spacial score (nSPS) is 20.4. The third-order valence-electron chi connectivity index (χ3n) is 3.82. The summed E-state index contributed by atoms with van der Waals surface area (Å²) in [6.45, 7) is 4.25. The van der Waals surface area contributed by atoms with Gasteiger partial charge in [-0.25, -0.2) is 14.6 Å². The minimum atomic E-state index is -1.16. The topological polar surface area (TPSA) is 91.3 Å². The molecule has 2 rings (SSSR count). The van der Waals surface area contributed by atoms with Gasteiger partial charge in [-0.2, -0.15) is 0 Å². The Hall–Kier alpha value is -2.11. The Bertz CT molecular complexity index is 528. The highest BCUT2D eigenvalue weighted by Gasteiger charge is 2.35. The molecular weight excluding hydrogens is 258 g/mol. The van der Waals surface area contributed by atoms with E-state index in [-0.39, 0.29) is 28.9 Å². The van der Waals surface area contributed by atoms with E-state index in [1.54, 1.807) is 6.07 Å². The summed E-state index contributed by atoms with van der Waals surface area (Å²) in [4.78, 5) is 26.8. The summed E-state index contributed by atoms with van der Waals surface area (Å²) in [7, 11) is 0.